The standard InChI is InChI=1S/C13H10ClFN2O3/c1-6-8(5-11(18)19)13(20)17-12(16-6)7-2-3-10(15)9(14)4-7/h2-4H,5H2,1H3,(H,18,19)(H,16,17,20). The van der Waals surface area contributed by atoms with Gasteiger partial charge in [0.05, 0.1) is 11.4 Å². The number of aromatic nitrogens is 2. The number of H-pyrrole nitrogens is 1. The van der Waals surface area contributed by atoms with Crippen LogP contribution in [0.1, 0.15) is 11.3 Å². The minimum absolute atomic E-state index is 0.0857. The molecule has 0 fully saturated rings. The molecule has 2 rings (SSSR count). The Morgan fingerprint density at radius 1 is 1.50 bits per heavy atom. The smallest absolute Gasteiger partial charge is 0.308 e. The highest BCUT2D eigenvalue weighted by molar-refractivity contribution is 6.31. The van der Waals surface area contributed by atoms with E-state index in [4.69, 9.17) is 16.7 Å². The Bertz CT molecular complexity index is 743. The number of carbonyl (C=O) groups is 1. The third-order valence-corrected chi connectivity index (χ3v) is 3.03. The van der Waals surface area contributed by atoms with E-state index in [9.17, 15) is 14.0 Å². The number of nitrogens with zero attached hydrogens (tertiary/aromatic N) is 1. The summed E-state index contributed by atoms with van der Waals surface area (Å²) >= 11 is 5.67. The lowest BCUT2D eigenvalue weighted by atomic mass is 10.1. The summed E-state index contributed by atoms with van der Waals surface area (Å²) in [6.45, 7) is 1.54. The second-order valence-corrected chi connectivity index (χ2v) is 4.59. The number of carboxylic acid groups (broad SMARTS) is 1. The highest BCUT2D eigenvalue weighted by atomic mass is 35.5. The molecule has 0 unspecified atom stereocenters. The van der Waals surface area contributed by atoms with Crippen LogP contribution in [0.25, 0.3) is 11.4 Å². The van der Waals surface area contributed by atoms with Crippen molar-refractivity contribution in [2.75, 3.05) is 0 Å². The van der Waals surface area contributed by atoms with E-state index < -0.39 is 23.8 Å². The van der Waals surface area contributed by atoms with Crippen LogP contribution in [0.4, 0.5) is 4.39 Å². The molecular formula is C13H10ClFN2O3. The Morgan fingerprint density at radius 3 is 2.75 bits per heavy atom. The molecule has 5 nitrogen and oxygen atoms in total. The Hall–Kier alpha value is -2.21. The zero-order valence-corrected chi connectivity index (χ0v) is 11.2. The molecule has 0 atom stereocenters. The number of hydrogen-bond donors (Lipinski definition) is 2. The molecule has 0 saturated carbocycles. The molecule has 0 radical (unpaired) electrons. The van der Waals surface area contributed by atoms with E-state index in [-0.39, 0.29) is 16.4 Å². The number of aromatic amines is 1. The first-order valence-corrected chi connectivity index (χ1v) is 6.03. The third-order valence-electron chi connectivity index (χ3n) is 2.74. The lowest BCUT2D eigenvalue weighted by Gasteiger charge is -2.06. The maximum absolute atomic E-state index is 13.1. The van der Waals surface area contributed by atoms with Crippen molar-refractivity contribution in [3.63, 3.8) is 0 Å². The fraction of sp³-hybridized carbons (Fsp3) is 0.154. The number of benzene rings is 1. The topological polar surface area (TPSA) is 83.0 Å². The van der Waals surface area contributed by atoms with E-state index in [1.54, 1.807) is 6.92 Å². The second kappa shape index (κ2) is 5.42. The van der Waals surface area contributed by atoms with Crippen LogP contribution in [0.2, 0.25) is 5.02 Å². The fourth-order valence-corrected chi connectivity index (χ4v) is 1.93. The minimum Gasteiger partial charge on any atom is -0.481 e. The third kappa shape index (κ3) is 2.85. The van der Waals surface area contributed by atoms with Crippen LogP contribution < -0.4 is 5.56 Å². The normalized spacial score (nSPS) is 10.6. The predicted molar refractivity (Wildman–Crippen MR) is 71.3 cm³/mol. The SMILES string of the molecule is Cc1nc(-c2ccc(F)c(Cl)c2)[nH]c(=O)c1CC(=O)O. The van der Waals surface area contributed by atoms with Crippen LogP contribution >= 0.6 is 11.6 Å². The molecule has 0 saturated heterocycles. The van der Waals surface area contributed by atoms with Crippen LogP contribution in [0.3, 0.4) is 0 Å². The van der Waals surface area contributed by atoms with Crippen molar-refractivity contribution in [1.82, 2.24) is 9.97 Å². The van der Waals surface area contributed by atoms with Gasteiger partial charge in [0.1, 0.15) is 11.6 Å². The van der Waals surface area contributed by atoms with E-state index in [0.29, 0.717) is 11.3 Å². The molecular weight excluding hydrogens is 287 g/mol. The molecule has 104 valence electrons. The van der Waals surface area contributed by atoms with Gasteiger partial charge in [0.25, 0.3) is 5.56 Å². The number of carboxylic acids is 1. The van der Waals surface area contributed by atoms with Crippen molar-refractivity contribution >= 4 is 17.6 Å². The summed E-state index contributed by atoms with van der Waals surface area (Å²) in [5.74, 6) is -1.47. The van der Waals surface area contributed by atoms with Gasteiger partial charge in [-0.2, -0.15) is 0 Å². The summed E-state index contributed by atoms with van der Waals surface area (Å²) in [4.78, 5) is 29.1. The van der Waals surface area contributed by atoms with E-state index in [1.165, 1.54) is 12.1 Å². The van der Waals surface area contributed by atoms with Crippen LogP contribution in [-0.2, 0) is 11.2 Å². The number of aliphatic carboxylic acids is 1. The maximum atomic E-state index is 13.1. The molecule has 1 heterocycles. The summed E-state index contributed by atoms with van der Waals surface area (Å²) in [5.41, 5.74) is 0.315. The van der Waals surface area contributed by atoms with Gasteiger partial charge in [0, 0.05) is 16.8 Å². The van der Waals surface area contributed by atoms with Gasteiger partial charge in [0.2, 0.25) is 0 Å². The van der Waals surface area contributed by atoms with Crippen LogP contribution in [0, 0.1) is 12.7 Å². The molecule has 20 heavy (non-hydrogen) atoms. The van der Waals surface area contributed by atoms with Gasteiger partial charge < -0.3 is 10.1 Å². The van der Waals surface area contributed by atoms with Crippen molar-refractivity contribution in [1.29, 1.82) is 0 Å². The lowest BCUT2D eigenvalue weighted by molar-refractivity contribution is -0.136. The number of hydrogen-bond acceptors (Lipinski definition) is 3. The molecule has 2 N–H and O–H groups in total. The quantitative estimate of drug-likeness (QED) is 0.909. The summed E-state index contributed by atoms with van der Waals surface area (Å²) in [5, 5.41) is 8.64. The Morgan fingerprint density at radius 2 is 2.20 bits per heavy atom. The van der Waals surface area contributed by atoms with Crippen molar-refractivity contribution in [3.05, 3.63) is 50.7 Å². The van der Waals surface area contributed by atoms with Gasteiger partial charge >= 0.3 is 5.97 Å². The first-order chi connectivity index (χ1) is 9.38. The average Bonchev–Trinajstić information content (AvgIpc) is 2.36. The van der Waals surface area contributed by atoms with Crippen LogP contribution in [-0.4, -0.2) is 21.0 Å². The Labute approximate surface area is 118 Å². The van der Waals surface area contributed by atoms with Gasteiger partial charge in [-0.15, -0.1) is 0 Å². The molecule has 2 aromatic rings. The highest BCUT2D eigenvalue weighted by Crippen LogP contribution is 2.22. The van der Waals surface area contributed by atoms with E-state index in [0.717, 1.165) is 6.07 Å². The Balaban J connectivity index is 2.52. The molecule has 0 aliphatic heterocycles. The van der Waals surface area contributed by atoms with Crippen molar-refractivity contribution < 1.29 is 14.3 Å². The van der Waals surface area contributed by atoms with Crippen molar-refractivity contribution in [2.24, 2.45) is 0 Å². The predicted octanol–water partition coefficient (Wildman–Crippen LogP) is 2.16. The van der Waals surface area contributed by atoms with Gasteiger partial charge in [0.15, 0.2) is 0 Å². The van der Waals surface area contributed by atoms with E-state index in [1.807, 2.05) is 0 Å². The highest BCUT2D eigenvalue weighted by Gasteiger charge is 2.13. The number of halogens is 2. The largest absolute Gasteiger partial charge is 0.481 e. The first-order valence-electron chi connectivity index (χ1n) is 5.65. The molecule has 7 heteroatoms. The van der Waals surface area contributed by atoms with Crippen LogP contribution in [0.15, 0.2) is 23.0 Å². The molecule has 0 amide bonds. The molecule has 0 aliphatic rings. The van der Waals surface area contributed by atoms with Gasteiger partial charge in [-0.3, -0.25) is 9.59 Å². The zero-order valence-electron chi connectivity index (χ0n) is 10.4. The first kappa shape index (κ1) is 14.2. The van der Waals surface area contributed by atoms with Gasteiger partial charge in [-0.25, -0.2) is 9.37 Å². The maximum Gasteiger partial charge on any atom is 0.308 e. The zero-order chi connectivity index (χ0) is 14.9. The molecule has 0 aliphatic carbocycles. The average molecular weight is 297 g/mol. The number of nitrogens with one attached hydrogen (secondary N) is 1. The van der Waals surface area contributed by atoms with Crippen molar-refractivity contribution in [3.8, 4) is 11.4 Å². The van der Waals surface area contributed by atoms with Crippen LogP contribution in [0.5, 0.6) is 0 Å². The van der Waals surface area contributed by atoms with Gasteiger partial charge in [-0.1, -0.05) is 11.6 Å². The number of aryl methyl sites for hydroxylation is 1. The summed E-state index contributed by atoms with van der Waals surface area (Å²) in [6.07, 6.45) is -0.404. The Kier molecular flexibility index (Phi) is 3.85. The summed E-state index contributed by atoms with van der Waals surface area (Å²) < 4.78 is 13.1. The van der Waals surface area contributed by atoms with Gasteiger partial charge in [-0.05, 0) is 25.1 Å². The minimum atomic E-state index is -1.11. The monoisotopic (exact) mass is 296 g/mol. The van der Waals surface area contributed by atoms with E-state index in [2.05, 4.69) is 9.97 Å². The summed E-state index contributed by atoms with van der Waals surface area (Å²) in [7, 11) is 0. The number of rotatable bonds is 3. The van der Waals surface area contributed by atoms with E-state index >= 15 is 0 Å². The molecule has 0 bridgehead atoms. The molecule has 1 aromatic carbocycles. The fourth-order valence-electron chi connectivity index (χ4n) is 1.75. The summed E-state index contributed by atoms with van der Waals surface area (Å²) in [6, 6.07) is 3.93. The lowest BCUT2D eigenvalue weighted by Crippen LogP contribution is -2.20. The second-order valence-electron chi connectivity index (χ2n) is 4.18. The molecule has 0 spiro atoms. The molecule has 1 aromatic heterocycles. The van der Waals surface area contributed by atoms with Crippen molar-refractivity contribution in [2.45, 2.75) is 13.3 Å².